The highest BCUT2D eigenvalue weighted by atomic mass is 35.5. The van der Waals surface area contributed by atoms with Gasteiger partial charge in [0.05, 0.1) is 18.1 Å². The van der Waals surface area contributed by atoms with E-state index < -0.39 is 10.0 Å². The summed E-state index contributed by atoms with van der Waals surface area (Å²) in [5, 5.41) is 0.225. The number of halogens is 1. The molecule has 7 heteroatoms. The van der Waals surface area contributed by atoms with E-state index in [4.69, 9.17) is 11.6 Å². The lowest BCUT2D eigenvalue weighted by Crippen LogP contribution is -2.16. The van der Waals surface area contributed by atoms with E-state index in [1.54, 1.807) is 6.92 Å². The number of nitrogens with zero attached hydrogens (tertiary/aromatic N) is 2. The lowest BCUT2D eigenvalue weighted by Gasteiger charge is -2.04. The Hall–Kier alpha value is -0.880. The van der Waals surface area contributed by atoms with Gasteiger partial charge in [-0.25, -0.2) is 18.4 Å². The van der Waals surface area contributed by atoms with E-state index in [1.165, 1.54) is 12.4 Å². The zero-order valence-corrected chi connectivity index (χ0v) is 9.14. The van der Waals surface area contributed by atoms with Gasteiger partial charge in [-0.15, -0.1) is 0 Å². The van der Waals surface area contributed by atoms with Crippen molar-refractivity contribution in [1.29, 1.82) is 0 Å². The standard InChI is InChI=1S/C7H10ClN3O2S/c1-2-3-14(12,13)11-7-5-9-6(8)4-10-7/h4-5H,2-3H2,1H3,(H,10,11). The molecule has 1 N–H and O–H groups in total. The van der Waals surface area contributed by atoms with Crippen LogP contribution in [0, 0.1) is 0 Å². The monoisotopic (exact) mass is 235 g/mol. The lowest BCUT2D eigenvalue weighted by molar-refractivity contribution is 0.599. The number of anilines is 1. The summed E-state index contributed by atoms with van der Waals surface area (Å²) in [6, 6.07) is 0. The molecule has 0 radical (unpaired) electrons. The lowest BCUT2D eigenvalue weighted by atomic mass is 10.6. The van der Waals surface area contributed by atoms with Gasteiger partial charge in [0, 0.05) is 0 Å². The summed E-state index contributed by atoms with van der Waals surface area (Å²) in [5.41, 5.74) is 0. The number of rotatable bonds is 4. The maximum Gasteiger partial charge on any atom is 0.233 e. The van der Waals surface area contributed by atoms with Crippen molar-refractivity contribution in [3.63, 3.8) is 0 Å². The summed E-state index contributed by atoms with van der Waals surface area (Å²) in [5.74, 6) is 0.250. The molecule has 0 aromatic carbocycles. The van der Waals surface area contributed by atoms with Crippen LogP contribution >= 0.6 is 11.6 Å². The third-order valence-electron chi connectivity index (χ3n) is 1.35. The molecule has 0 unspecified atom stereocenters. The maximum atomic E-state index is 11.3. The van der Waals surface area contributed by atoms with Crippen molar-refractivity contribution in [2.24, 2.45) is 0 Å². The molecule has 1 aromatic rings. The fourth-order valence-corrected chi connectivity index (χ4v) is 2.01. The first-order valence-electron chi connectivity index (χ1n) is 4.01. The second-order valence-electron chi connectivity index (χ2n) is 2.65. The van der Waals surface area contributed by atoms with E-state index in [0.29, 0.717) is 6.42 Å². The molecule has 5 nitrogen and oxygen atoms in total. The van der Waals surface area contributed by atoms with Crippen LogP contribution in [0.4, 0.5) is 5.82 Å². The summed E-state index contributed by atoms with van der Waals surface area (Å²) in [7, 11) is -3.29. The highest BCUT2D eigenvalue weighted by molar-refractivity contribution is 7.92. The molecule has 0 fully saturated rings. The predicted molar refractivity (Wildman–Crippen MR) is 54.7 cm³/mol. The van der Waals surface area contributed by atoms with Crippen molar-refractivity contribution in [2.75, 3.05) is 10.5 Å². The molecule has 0 aliphatic rings. The minimum absolute atomic E-state index is 0.0668. The van der Waals surface area contributed by atoms with Crippen LogP contribution in [-0.2, 0) is 10.0 Å². The summed E-state index contributed by atoms with van der Waals surface area (Å²) < 4.78 is 24.8. The van der Waals surface area contributed by atoms with E-state index in [0.717, 1.165) is 0 Å². The third-order valence-corrected chi connectivity index (χ3v) is 3.01. The van der Waals surface area contributed by atoms with E-state index in [1.807, 2.05) is 0 Å². The van der Waals surface area contributed by atoms with Gasteiger partial charge in [0.2, 0.25) is 10.0 Å². The van der Waals surface area contributed by atoms with Crippen molar-refractivity contribution in [1.82, 2.24) is 9.97 Å². The van der Waals surface area contributed by atoms with E-state index >= 15 is 0 Å². The second-order valence-corrected chi connectivity index (χ2v) is 4.87. The number of sulfonamides is 1. The van der Waals surface area contributed by atoms with Crippen molar-refractivity contribution in [3.8, 4) is 0 Å². The van der Waals surface area contributed by atoms with Crippen molar-refractivity contribution < 1.29 is 8.42 Å². The van der Waals surface area contributed by atoms with E-state index in [9.17, 15) is 8.42 Å². The molecule has 0 amide bonds. The molecular weight excluding hydrogens is 226 g/mol. The summed E-state index contributed by atoms with van der Waals surface area (Å²) >= 11 is 5.49. The third kappa shape index (κ3) is 3.47. The first kappa shape index (κ1) is 11.2. The van der Waals surface area contributed by atoms with Crippen LogP contribution < -0.4 is 4.72 Å². The van der Waals surface area contributed by atoms with E-state index in [-0.39, 0.29) is 16.7 Å². The number of hydrogen-bond donors (Lipinski definition) is 1. The fraction of sp³-hybridized carbons (Fsp3) is 0.429. The van der Waals surface area contributed by atoms with Crippen LogP contribution in [0.1, 0.15) is 13.3 Å². The molecule has 1 heterocycles. The topological polar surface area (TPSA) is 72.0 Å². The molecule has 0 spiro atoms. The number of aromatic nitrogens is 2. The molecular formula is C7H10ClN3O2S. The number of nitrogens with one attached hydrogen (secondary N) is 1. The zero-order valence-electron chi connectivity index (χ0n) is 7.57. The van der Waals surface area contributed by atoms with Crippen molar-refractivity contribution in [2.45, 2.75) is 13.3 Å². The van der Waals surface area contributed by atoms with Gasteiger partial charge in [-0.3, -0.25) is 4.72 Å². The van der Waals surface area contributed by atoms with E-state index in [2.05, 4.69) is 14.7 Å². The Morgan fingerprint density at radius 1 is 1.43 bits per heavy atom. The SMILES string of the molecule is CCCS(=O)(=O)Nc1cnc(Cl)cn1. The molecule has 0 saturated heterocycles. The van der Waals surface area contributed by atoms with Crippen LogP contribution in [0.15, 0.2) is 12.4 Å². The molecule has 0 bridgehead atoms. The minimum Gasteiger partial charge on any atom is -0.266 e. The quantitative estimate of drug-likeness (QED) is 0.854. The first-order chi connectivity index (χ1) is 6.53. The van der Waals surface area contributed by atoms with Crippen LogP contribution in [-0.4, -0.2) is 24.1 Å². The Labute approximate surface area is 87.6 Å². The molecule has 0 atom stereocenters. The van der Waals surface area contributed by atoms with Gasteiger partial charge in [0.25, 0.3) is 0 Å². The Balaban J connectivity index is 2.74. The highest BCUT2D eigenvalue weighted by Gasteiger charge is 2.09. The molecule has 0 aliphatic carbocycles. The Bertz CT molecular complexity index is 390. The maximum absolute atomic E-state index is 11.3. The van der Waals surface area contributed by atoms with Gasteiger partial charge in [0.1, 0.15) is 5.15 Å². The van der Waals surface area contributed by atoms with Gasteiger partial charge in [-0.05, 0) is 6.42 Å². The Kier molecular flexibility index (Phi) is 3.65. The predicted octanol–water partition coefficient (Wildman–Crippen LogP) is 1.28. The highest BCUT2D eigenvalue weighted by Crippen LogP contribution is 2.07. The first-order valence-corrected chi connectivity index (χ1v) is 6.04. The van der Waals surface area contributed by atoms with Gasteiger partial charge < -0.3 is 0 Å². The molecule has 14 heavy (non-hydrogen) atoms. The Morgan fingerprint density at radius 3 is 2.64 bits per heavy atom. The molecule has 0 saturated carbocycles. The average molecular weight is 236 g/mol. The minimum atomic E-state index is -3.29. The normalized spacial score (nSPS) is 11.3. The summed E-state index contributed by atoms with van der Waals surface area (Å²) in [4.78, 5) is 7.46. The van der Waals surface area contributed by atoms with Crippen LogP contribution in [0.3, 0.4) is 0 Å². The van der Waals surface area contributed by atoms with Crippen molar-refractivity contribution >= 4 is 27.4 Å². The summed E-state index contributed by atoms with van der Waals surface area (Å²) in [6.07, 6.45) is 3.11. The molecule has 1 aromatic heterocycles. The van der Waals surface area contributed by atoms with Crippen LogP contribution in [0.25, 0.3) is 0 Å². The van der Waals surface area contributed by atoms with Gasteiger partial charge >= 0.3 is 0 Å². The van der Waals surface area contributed by atoms with Gasteiger partial charge in [-0.2, -0.15) is 0 Å². The summed E-state index contributed by atoms with van der Waals surface area (Å²) in [6.45, 7) is 1.78. The van der Waals surface area contributed by atoms with Crippen LogP contribution in [0.5, 0.6) is 0 Å². The smallest absolute Gasteiger partial charge is 0.233 e. The zero-order chi connectivity index (χ0) is 10.6. The largest absolute Gasteiger partial charge is 0.266 e. The Morgan fingerprint density at radius 2 is 2.14 bits per heavy atom. The fourth-order valence-electron chi connectivity index (χ4n) is 0.844. The second kappa shape index (κ2) is 4.56. The van der Waals surface area contributed by atoms with Crippen molar-refractivity contribution in [3.05, 3.63) is 17.5 Å². The van der Waals surface area contributed by atoms with Gasteiger partial charge in [0.15, 0.2) is 5.82 Å². The number of hydrogen-bond acceptors (Lipinski definition) is 4. The molecule has 0 aliphatic heterocycles. The average Bonchev–Trinajstić information content (AvgIpc) is 2.08. The molecule has 78 valence electrons. The van der Waals surface area contributed by atoms with Gasteiger partial charge in [-0.1, -0.05) is 18.5 Å². The molecule has 1 rings (SSSR count). The van der Waals surface area contributed by atoms with Crippen LogP contribution in [0.2, 0.25) is 5.15 Å².